The minimum atomic E-state index is -4.71. The van der Waals surface area contributed by atoms with E-state index >= 15 is 0 Å². The summed E-state index contributed by atoms with van der Waals surface area (Å²) < 4.78 is 15.9. The van der Waals surface area contributed by atoms with Crippen LogP contribution in [-0.4, -0.2) is 39.6 Å². The molecule has 4 N–H and O–H groups in total. The number of carbonyl (C=O) groups is 1. The molecule has 1 amide bonds. The van der Waals surface area contributed by atoms with Gasteiger partial charge < -0.3 is 20.2 Å². The number of hydrogen-bond acceptors (Lipinski definition) is 4. The Morgan fingerprint density at radius 3 is 1.11 bits per heavy atom. The normalized spacial score (nSPS) is 13.2. The number of rotatable bonds is 45. The fourth-order valence-electron chi connectivity index (χ4n) is 7.58. The van der Waals surface area contributed by atoms with Crippen molar-refractivity contribution in [3.8, 4) is 0 Å². The number of phosphoric acid groups is 1. The number of amides is 1. The maximum atomic E-state index is 12.6. The standard InChI is InChI=1S/C47H94NO6P/c1-3-5-7-9-11-13-15-16-17-18-19-20-21-22-23-24-25-26-27-28-29-30-31-32-33-35-37-39-41-43-47(50)48-45(44-54-55(51,52)53)46(49)42-40-38-36-34-14-12-10-8-6-4-2/h40,42,45-46,49H,3-39,41,43-44H2,1-2H3,(H,48,50)(H2,51,52,53)/b42-40+/t45-,46+/m0/s1. The number of aliphatic hydroxyl groups excluding tert-OH is 1. The number of allylic oxidation sites excluding steroid dienone is 1. The highest BCUT2D eigenvalue weighted by molar-refractivity contribution is 7.46. The highest BCUT2D eigenvalue weighted by Gasteiger charge is 2.24. The minimum Gasteiger partial charge on any atom is -0.387 e. The Labute approximate surface area is 342 Å². The first-order valence-electron chi connectivity index (χ1n) is 24.1. The van der Waals surface area contributed by atoms with Crippen LogP contribution in [0.4, 0.5) is 0 Å². The molecule has 0 spiro atoms. The highest BCUT2D eigenvalue weighted by atomic mass is 31.2. The molecule has 55 heavy (non-hydrogen) atoms. The summed E-state index contributed by atoms with van der Waals surface area (Å²) in [5.41, 5.74) is 0. The van der Waals surface area contributed by atoms with Gasteiger partial charge in [0.15, 0.2) is 0 Å². The molecule has 0 aromatic heterocycles. The summed E-state index contributed by atoms with van der Waals surface area (Å²) in [5, 5.41) is 13.4. The van der Waals surface area contributed by atoms with Gasteiger partial charge in [0.25, 0.3) is 0 Å². The van der Waals surface area contributed by atoms with Crippen LogP contribution in [0.3, 0.4) is 0 Å². The second kappa shape index (κ2) is 42.9. The van der Waals surface area contributed by atoms with Crippen LogP contribution in [0.15, 0.2) is 12.2 Å². The Morgan fingerprint density at radius 2 is 0.800 bits per heavy atom. The molecule has 0 heterocycles. The zero-order valence-corrected chi connectivity index (χ0v) is 37.5. The lowest BCUT2D eigenvalue weighted by Gasteiger charge is -2.22. The molecule has 0 aliphatic carbocycles. The predicted molar refractivity (Wildman–Crippen MR) is 236 cm³/mol. The molecule has 0 bridgehead atoms. The van der Waals surface area contributed by atoms with Crippen LogP contribution in [0, 0.1) is 0 Å². The van der Waals surface area contributed by atoms with Crippen LogP contribution < -0.4 is 5.32 Å². The third kappa shape index (κ3) is 44.2. The van der Waals surface area contributed by atoms with E-state index in [1.54, 1.807) is 6.08 Å². The number of phosphoric ester groups is 1. The van der Waals surface area contributed by atoms with Crippen LogP contribution >= 0.6 is 7.82 Å². The van der Waals surface area contributed by atoms with Crippen molar-refractivity contribution in [2.45, 2.75) is 276 Å². The molecule has 0 saturated heterocycles. The smallest absolute Gasteiger partial charge is 0.387 e. The van der Waals surface area contributed by atoms with Gasteiger partial charge in [-0.25, -0.2) is 4.57 Å². The van der Waals surface area contributed by atoms with Crippen molar-refractivity contribution in [2.24, 2.45) is 0 Å². The molecule has 7 nitrogen and oxygen atoms in total. The van der Waals surface area contributed by atoms with E-state index in [2.05, 4.69) is 23.7 Å². The van der Waals surface area contributed by atoms with E-state index in [0.717, 1.165) is 38.5 Å². The number of unbranched alkanes of at least 4 members (excludes halogenated alkanes) is 36. The van der Waals surface area contributed by atoms with Crippen LogP contribution in [0.2, 0.25) is 0 Å². The van der Waals surface area contributed by atoms with Crippen LogP contribution in [-0.2, 0) is 13.9 Å². The second-order valence-electron chi connectivity index (χ2n) is 16.8. The summed E-state index contributed by atoms with van der Waals surface area (Å²) in [6, 6.07) is -0.904. The topological polar surface area (TPSA) is 116 Å². The lowest BCUT2D eigenvalue weighted by atomic mass is 10.0. The van der Waals surface area contributed by atoms with Crippen LogP contribution in [0.25, 0.3) is 0 Å². The van der Waals surface area contributed by atoms with Gasteiger partial charge in [-0.1, -0.05) is 251 Å². The van der Waals surface area contributed by atoms with Crippen molar-refractivity contribution in [3.05, 3.63) is 12.2 Å². The molecule has 2 atom stereocenters. The van der Waals surface area contributed by atoms with Gasteiger partial charge in [-0.2, -0.15) is 0 Å². The fourth-order valence-corrected chi connectivity index (χ4v) is 7.93. The van der Waals surface area contributed by atoms with E-state index in [1.165, 1.54) is 205 Å². The van der Waals surface area contributed by atoms with Gasteiger partial charge in [0.1, 0.15) is 0 Å². The molecule has 0 rings (SSSR count). The first-order chi connectivity index (χ1) is 26.8. The van der Waals surface area contributed by atoms with Gasteiger partial charge in [0, 0.05) is 6.42 Å². The number of hydrogen-bond donors (Lipinski definition) is 4. The van der Waals surface area contributed by atoms with Crippen LogP contribution in [0.5, 0.6) is 0 Å². The SMILES string of the molecule is CCCCCCCCCC/C=C/[C@@H](O)[C@H](COP(=O)(O)O)NC(=O)CCCCCCCCCCCCCCCCCCCCCCCCCCCCCCC. The van der Waals surface area contributed by atoms with Gasteiger partial charge in [0.2, 0.25) is 5.91 Å². The van der Waals surface area contributed by atoms with E-state index in [-0.39, 0.29) is 5.91 Å². The third-order valence-corrected chi connectivity index (χ3v) is 11.7. The molecule has 0 aromatic carbocycles. The molecule has 0 radical (unpaired) electrons. The number of carbonyl (C=O) groups excluding carboxylic acids is 1. The van der Waals surface area contributed by atoms with Crippen molar-refractivity contribution in [3.63, 3.8) is 0 Å². The van der Waals surface area contributed by atoms with Crippen LogP contribution in [0.1, 0.15) is 264 Å². The average molecular weight is 800 g/mol. The number of aliphatic hydroxyl groups is 1. The Kier molecular flexibility index (Phi) is 42.3. The van der Waals surface area contributed by atoms with Gasteiger partial charge in [-0.05, 0) is 19.3 Å². The summed E-state index contributed by atoms with van der Waals surface area (Å²) in [4.78, 5) is 30.9. The molecule has 0 saturated carbocycles. The van der Waals surface area contributed by atoms with E-state index in [0.29, 0.717) is 6.42 Å². The Bertz CT molecular complexity index is 864. The zero-order valence-electron chi connectivity index (χ0n) is 36.6. The van der Waals surface area contributed by atoms with E-state index in [4.69, 9.17) is 9.79 Å². The molecule has 0 aliphatic heterocycles. The molecular formula is C47H94NO6P. The maximum Gasteiger partial charge on any atom is 0.469 e. The Balaban J connectivity index is 3.66. The summed E-state index contributed by atoms with van der Waals surface area (Å²) in [7, 11) is -4.71. The van der Waals surface area contributed by atoms with Gasteiger partial charge in [-0.3, -0.25) is 9.32 Å². The molecule has 0 unspecified atom stereocenters. The summed E-state index contributed by atoms with van der Waals surface area (Å²) in [6.07, 6.45) is 52.8. The lowest BCUT2D eigenvalue weighted by Crippen LogP contribution is -2.45. The monoisotopic (exact) mass is 800 g/mol. The van der Waals surface area contributed by atoms with Crippen molar-refractivity contribution >= 4 is 13.7 Å². The fraction of sp³-hybridized carbons (Fsp3) is 0.936. The lowest BCUT2D eigenvalue weighted by molar-refractivity contribution is -0.123. The summed E-state index contributed by atoms with van der Waals surface area (Å²) in [6.45, 7) is 4.07. The van der Waals surface area contributed by atoms with Crippen molar-refractivity contribution in [1.82, 2.24) is 5.32 Å². The first-order valence-corrected chi connectivity index (χ1v) is 25.7. The minimum absolute atomic E-state index is 0.222. The van der Waals surface area contributed by atoms with E-state index in [1.807, 2.05) is 6.08 Å². The molecule has 328 valence electrons. The largest absolute Gasteiger partial charge is 0.469 e. The third-order valence-electron chi connectivity index (χ3n) is 11.2. The Hall–Kier alpha value is -0.720. The van der Waals surface area contributed by atoms with E-state index < -0.39 is 26.6 Å². The molecule has 8 heteroatoms. The maximum absolute atomic E-state index is 12.6. The molecule has 0 aliphatic rings. The Morgan fingerprint density at radius 1 is 0.509 bits per heavy atom. The molecular weight excluding hydrogens is 705 g/mol. The van der Waals surface area contributed by atoms with Gasteiger partial charge in [0.05, 0.1) is 18.8 Å². The molecule has 0 fully saturated rings. The molecule has 0 aromatic rings. The van der Waals surface area contributed by atoms with Crippen molar-refractivity contribution < 1.29 is 28.8 Å². The van der Waals surface area contributed by atoms with Crippen molar-refractivity contribution in [1.29, 1.82) is 0 Å². The number of nitrogens with one attached hydrogen (secondary N) is 1. The van der Waals surface area contributed by atoms with Crippen molar-refractivity contribution in [2.75, 3.05) is 6.61 Å². The van der Waals surface area contributed by atoms with Gasteiger partial charge in [-0.15, -0.1) is 0 Å². The average Bonchev–Trinajstić information content (AvgIpc) is 3.16. The van der Waals surface area contributed by atoms with Gasteiger partial charge >= 0.3 is 7.82 Å². The predicted octanol–water partition coefficient (Wildman–Crippen LogP) is 14.8. The van der Waals surface area contributed by atoms with E-state index in [9.17, 15) is 14.5 Å². The second-order valence-corrected chi connectivity index (χ2v) is 18.0. The zero-order chi connectivity index (χ0) is 40.3. The first kappa shape index (κ1) is 54.3. The summed E-state index contributed by atoms with van der Waals surface area (Å²) >= 11 is 0. The summed E-state index contributed by atoms with van der Waals surface area (Å²) in [5.74, 6) is -0.222. The quantitative estimate of drug-likeness (QED) is 0.0277. The highest BCUT2D eigenvalue weighted by Crippen LogP contribution is 2.36.